The molecule has 1 aliphatic heterocycles. The fourth-order valence-electron chi connectivity index (χ4n) is 4.52. The summed E-state index contributed by atoms with van der Waals surface area (Å²) in [5.41, 5.74) is 5.14. The van der Waals surface area contributed by atoms with Gasteiger partial charge in [-0.2, -0.15) is 0 Å². The summed E-state index contributed by atoms with van der Waals surface area (Å²) in [6.45, 7) is 1.08. The summed E-state index contributed by atoms with van der Waals surface area (Å²) < 4.78 is 5.57. The lowest BCUT2D eigenvalue weighted by molar-refractivity contribution is 0.0977. The van der Waals surface area contributed by atoms with E-state index in [9.17, 15) is 0 Å². The quantitative estimate of drug-likeness (QED) is 0.764. The minimum Gasteiger partial charge on any atom is -0.377 e. The van der Waals surface area contributed by atoms with Gasteiger partial charge in [0.15, 0.2) is 0 Å². The average molecular weight is 243 g/mol. The summed E-state index contributed by atoms with van der Waals surface area (Å²) in [6.07, 6.45) is 13.8. The van der Waals surface area contributed by atoms with Crippen molar-refractivity contribution in [3.63, 3.8) is 0 Å². The van der Waals surface area contributed by atoms with Crippen LogP contribution in [0.1, 0.15) is 32.1 Å². The van der Waals surface area contributed by atoms with Gasteiger partial charge in [-0.1, -0.05) is 24.6 Å². The predicted octanol–water partition coefficient (Wildman–Crippen LogP) is 2.73. The van der Waals surface area contributed by atoms with Crippen LogP contribution >= 0.6 is 0 Å². The molecule has 0 amide bonds. The minimum atomic E-state index is 0.291. The largest absolute Gasteiger partial charge is 0.377 e. The summed E-state index contributed by atoms with van der Waals surface area (Å²) in [7, 11) is 1.83. The lowest BCUT2D eigenvalue weighted by Gasteiger charge is -2.47. The zero-order valence-electron chi connectivity index (χ0n) is 11.0. The molecule has 1 fully saturated rings. The summed E-state index contributed by atoms with van der Waals surface area (Å²) in [5, 5.41) is 3.86. The van der Waals surface area contributed by atoms with Crippen molar-refractivity contribution in [3.8, 4) is 0 Å². The van der Waals surface area contributed by atoms with Crippen LogP contribution in [0.15, 0.2) is 34.9 Å². The highest BCUT2D eigenvalue weighted by atomic mass is 16.5. The normalized spacial score (nSPS) is 41.5. The average Bonchev–Trinajstić information content (AvgIpc) is 2.72. The van der Waals surface area contributed by atoms with Crippen molar-refractivity contribution in [1.29, 1.82) is 0 Å². The zero-order chi connectivity index (χ0) is 12.2. The van der Waals surface area contributed by atoms with E-state index in [0.717, 1.165) is 13.0 Å². The SMILES string of the molecule is COC1C=CC2=CC3=C4CCCCC4(NC3)C2C1. The molecule has 3 atom stereocenters. The summed E-state index contributed by atoms with van der Waals surface area (Å²) in [5.74, 6) is 0.633. The molecule has 18 heavy (non-hydrogen) atoms. The molecule has 2 heteroatoms. The molecule has 4 rings (SSSR count). The first-order valence-electron chi connectivity index (χ1n) is 7.23. The van der Waals surface area contributed by atoms with Crippen molar-refractivity contribution in [3.05, 3.63) is 34.9 Å². The summed E-state index contributed by atoms with van der Waals surface area (Å²) >= 11 is 0. The molecular formula is C16H21NO. The van der Waals surface area contributed by atoms with Crippen molar-refractivity contribution in [1.82, 2.24) is 5.32 Å². The maximum Gasteiger partial charge on any atom is 0.0761 e. The molecule has 96 valence electrons. The van der Waals surface area contributed by atoms with E-state index in [4.69, 9.17) is 4.74 Å². The molecule has 3 aliphatic carbocycles. The fraction of sp³-hybridized carbons (Fsp3) is 0.625. The van der Waals surface area contributed by atoms with Crippen LogP contribution in [-0.2, 0) is 4.74 Å². The standard InChI is InChI=1S/C16H21NO/c1-18-13-6-5-11-8-12-10-17-16(15(11)9-13)7-3-2-4-14(12)16/h5-6,8,13,15,17H,2-4,7,9-10H2,1H3. The Labute approximate surface area is 109 Å². The van der Waals surface area contributed by atoms with Gasteiger partial charge in [0, 0.05) is 25.1 Å². The topological polar surface area (TPSA) is 21.3 Å². The maximum absolute atomic E-state index is 5.57. The van der Waals surface area contributed by atoms with Crippen molar-refractivity contribution in [2.24, 2.45) is 5.92 Å². The first kappa shape index (κ1) is 11.0. The molecule has 3 unspecified atom stereocenters. The Morgan fingerprint density at radius 3 is 3.22 bits per heavy atom. The Morgan fingerprint density at radius 1 is 1.39 bits per heavy atom. The number of ether oxygens (including phenoxy) is 1. The molecule has 4 aliphatic rings. The molecule has 0 aromatic carbocycles. The second-order valence-electron chi connectivity index (χ2n) is 6.10. The lowest BCUT2D eigenvalue weighted by atomic mass is 9.62. The molecule has 2 bridgehead atoms. The van der Waals surface area contributed by atoms with Crippen molar-refractivity contribution in [2.45, 2.75) is 43.7 Å². The molecule has 0 aromatic heterocycles. The zero-order valence-corrected chi connectivity index (χ0v) is 11.0. The van der Waals surface area contributed by atoms with Crippen LogP contribution in [0.5, 0.6) is 0 Å². The van der Waals surface area contributed by atoms with Gasteiger partial charge in [-0.25, -0.2) is 0 Å². The van der Waals surface area contributed by atoms with Crippen LogP contribution in [0.3, 0.4) is 0 Å². The molecule has 0 spiro atoms. The van der Waals surface area contributed by atoms with Gasteiger partial charge in [-0.05, 0) is 42.4 Å². The Kier molecular flexibility index (Phi) is 2.33. The van der Waals surface area contributed by atoms with E-state index in [1.54, 1.807) is 11.1 Å². The van der Waals surface area contributed by atoms with Crippen LogP contribution in [-0.4, -0.2) is 25.3 Å². The molecule has 0 aromatic rings. The van der Waals surface area contributed by atoms with Crippen molar-refractivity contribution in [2.75, 3.05) is 13.7 Å². The molecule has 0 saturated heterocycles. The van der Waals surface area contributed by atoms with E-state index < -0.39 is 0 Å². The van der Waals surface area contributed by atoms with Crippen LogP contribution in [0.2, 0.25) is 0 Å². The number of hydrogen-bond donors (Lipinski definition) is 1. The second kappa shape index (κ2) is 3.82. The number of fused-ring (bicyclic) bond motifs is 1. The van der Waals surface area contributed by atoms with Gasteiger partial charge in [0.25, 0.3) is 0 Å². The van der Waals surface area contributed by atoms with Crippen molar-refractivity contribution >= 4 is 0 Å². The predicted molar refractivity (Wildman–Crippen MR) is 72.4 cm³/mol. The van der Waals surface area contributed by atoms with Crippen LogP contribution < -0.4 is 5.32 Å². The van der Waals surface area contributed by atoms with E-state index >= 15 is 0 Å². The summed E-state index contributed by atoms with van der Waals surface area (Å²) in [6, 6.07) is 0. The summed E-state index contributed by atoms with van der Waals surface area (Å²) in [4.78, 5) is 0. The van der Waals surface area contributed by atoms with Gasteiger partial charge in [0.1, 0.15) is 0 Å². The third kappa shape index (κ3) is 1.31. The maximum atomic E-state index is 5.57. The number of nitrogens with one attached hydrogen (secondary N) is 1. The van der Waals surface area contributed by atoms with Gasteiger partial charge < -0.3 is 10.1 Å². The van der Waals surface area contributed by atoms with Crippen LogP contribution in [0.25, 0.3) is 0 Å². The number of hydrogen-bond acceptors (Lipinski definition) is 2. The van der Waals surface area contributed by atoms with E-state index in [0.29, 0.717) is 17.6 Å². The van der Waals surface area contributed by atoms with Gasteiger partial charge >= 0.3 is 0 Å². The molecule has 0 radical (unpaired) electrons. The Hall–Kier alpha value is -0.860. The van der Waals surface area contributed by atoms with Gasteiger partial charge in [0.05, 0.1) is 6.10 Å². The van der Waals surface area contributed by atoms with E-state index in [1.807, 2.05) is 7.11 Å². The lowest BCUT2D eigenvalue weighted by Crippen LogP contribution is -2.53. The first-order chi connectivity index (χ1) is 8.83. The Morgan fingerprint density at radius 2 is 2.33 bits per heavy atom. The monoisotopic (exact) mass is 243 g/mol. The van der Waals surface area contributed by atoms with Crippen LogP contribution in [0.4, 0.5) is 0 Å². The minimum absolute atomic E-state index is 0.291. The number of allylic oxidation sites excluding steroid dienone is 1. The van der Waals surface area contributed by atoms with Gasteiger partial charge in [-0.15, -0.1) is 0 Å². The highest BCUT2D eigenvalue weighted by Gasteiger charge is 2.51. The molecule has 1 saturated carbocycles. The third-order valence-electron chi connectivity index (χ3n) is 5.38. The fourth-order valence-corrected chi connectivity index (χ4v) is 4.52. The highest BCUT2D eigenvalue weighted by Crippen LogP contribution is 2.52. The first-order valence-corrected chi connectivity index (χ1v) is 7.23. The Bertz CT molecular complexity index is 473. The van der Waals surface area contributed by atoms with Crippen LogP contribution in [0, 0.1) is 5.92 Å². The Balaban J connectivity index is 1.80. The highest BCUT2D eigenvalue weighted by molar-refractivity contribution is 5.53. The third-order valence-corrected chi connectivity index (χ3v) is 5.38. The second-order valence-corrected chi connectivity index (χ2v) is 6.10. The number of rotatable bonds is 1. The van der Waals surface area contributed by atoms with Crippen molar-refractivity contribution < 1.29 is 4.74 Å². The number of methoxy groups -OCH3 is 1. The molecule has 1 heterocycles. The van der Waals surface area contributed by atoms with Gasteiger partial charge in [0.2, 0.25) is 0 Å². The molecule has 2 nitrogen and oxygen atoms in total. The van der Waals surface area contributed by atoms with E-state index in [-0.39, 0.29) is 0 Å². The molecule has 1 N–H and O–H groups in total. The molecular weight excluding hydrogens is 222 g/mol. The smallest absolute Gasteiger partial charge is 0.0761 e. The van der Waals surface area contributed by atoms with E-state index in [1.165, 1.54) is 31.3 Å². The van der Waals surface area contributed by atoms with Gasteiger partial charge in [-0.3, -0.25) is 0 Å². The van der Waals surface area contributed by atoms with E-state index in [2.05, 4.69) is 23.5 Å².